The van der Waals surface area contributed by atoms with Gasteiger partial charge in [-0.2, -0.15) is 0 Å². The molecule has 0 aliphatic heterocycles. The van der Waals surface area contributed by atoms with E-state index in [-0.39, 0.29) is 17.1 Å². The number of unbranched alkanes of at least 4 members (excludes halogenated alkanes) is 5. The standard InChI is InChI=1S/C8H18.Cu/c1-3-5-7-8-6-4-2;/h3-8H2,1-2H3;/q;+1. The van der Waals surface area contributed by atoms with Gasteiger partial charge in [0.1, 0.15) is 0 Å². The second-order valence-corrected chi connectivity index (χ2v) is 2.41. The Hall–Kier alpha value is 0.519. The van der Waals surface area contributed by atoms with Crippen LogP contribution in [0.25, 0.3) is 0 Å². The van der Waals surface area contributed by atoms with Gasteiger partial charge in [0.15, 0.2) is 0 Å². The molecule has 0 aliphatic rings. The van der Waals surface area contributed by atoms with Crippen molar-refractivity contribution in [1.82, 2.24) is 0 Å². The number of hydrogen-bond acceptors (Lipinski definition) is 0. The van der Waals surface area contributed by atoms with Crippen molar-refractivity contribution in [2.45, 2.75) is 52.4 Å². The van der Waals surface area contributed by atoms with Gasteiger partial charge in [-0.3, -0.25) is 0 Å². The summed E-state index contributed by atoms with van der Waals surface area (Å²) in [5.41, 5.74) is 0. The molecule has 0 unspecified atom stereocenters. The average Bonchev–Trinajstić information content (AvgIpc) is 1.81. The third kappa shape index (κ3) is 11.9. The first-order chi connectivity index (χ1) is 3.91. The smallest absolute Gasteiger partial charge is 0.0654 e. The molecular formula is C8H18Cu+. The van der Waals surface area contributed by atoms with E-state index in [1.807, 2.05) is 0 Å². The summed E-state index contributed by atoms with van der Waals surface area (Å²) in [4.78, 5) is 0. The average molecular weight is 178 g/mol. The third-order valence-corrected chi connectivity index (χ3v) is 1.46. The van der Waals surface area contributed by atoms with Crippen LogP contribution in [-0.4, -0.2) is 0 Å². The van der Waals surface area contributed by atoms with Gasteiger partial charge in [0.05, 0.1) is 0 Å². The van der Waals surface area contributed by atoms with E-state index in [1.165, 1.54) is 38.5 Å². The molecule has 0 aromatic carbocycles. The Morgan fingerprint density at radius 2 is 1.00 bits per heavy atom. The first-order valence-electron chi connectivity index (χ1n) is 3.91. The van der Waals surface area contributed by atoms with Gasteiger partial charge in [0.25, 0.3) is 0 Å². The molecule has 0 aromatic rings. The fourth-order valence-corrected chi connectivity index (χ4v) is 0.854. The molecule has 0 saturated carbocycles. The molecule has 0 fully saturated rings. The normalized spacial score (nSPS) is 8.67. The van der Waals surface area contributed by atoms with Crippen LogP contribution in [0.15, 0.2) is 0 Å². The summed E-state index contributed by atoms with van der Waals surface area (Å²) in [6.45, 7) is 4.51. The van der Waals surface area contributed by atoms with E-state index >= 15 is 0 Å². The Labute approximate surface area is 69.9 Å². The van der Waals surface area contributed by atoms with Crippen LogP contribution in [0, 0.1) is 0 Å². The SMILES string of the molecule is CCCCCCCC.[Cu+]. The second kappa shape index (κ2) is 11.3. The molecule has 0 atom stereocenters. The van der Waals surface area contributed by atoms with E-state index < -0.39 is 0 Å². The summed E-state index contributed by atoms with van der Waals surface area (Å²) in [5.74, 6) is 0. The number of hydrogen-bond donors (Lipinski definition) is 0. The zero-order chi connectivity index (χ0) is 6.24. The number of rotatable bonds is 5. The van der Waals surface area contributed by atoms with E-state index in [0.717, 1.165) is 0 Å². The first kappa shape index (κ1) is 12.2. The van der Waals surface area contributed by atoms with Gasteiger partial charge in [0.2, 0.25) is 0 Å². The van der Waals surface area contributed by atoms with Crippen molar-refractivity contribution in [3.8, 4) is 0 Å². The van der Waals surface area contributed by atoms with E-state index in [4.69, 9.17) is 0 Å². The Balaban J connectivity index is 0. The van der Waals surface area contributed by atoms with Gasteiger partial charge in [-0.15, -0.1) is 0 Å². The fraction of sp³-hybridized carbons (Fsp3) is 1.00. The van der Waals surface area contributed by atoms with Crippen molar-refractivity contribution < 1.29 is 17.1 Å². The molecule has 60 valence electrons. The van der Waals surface area contributed by atoms with Crippen molar-refractivity contribution >= 4 is 0 Å². The van der Waals surface area contributed by atoms with Gasteiger partial charge >= 0.3 is 17.1 Å². The maximum atomic E-state index is 2.26. The minimum absolute atomic E-state index is 0. The minimum Gasteiger partial charge on any atom is -0.0654 e. The molecule has 0 aromatic heterocycles. The predicted octanol–water partition coefficient (Wildman–Crippen LogP) is 3.36. The first-order valence-corrected chi connectivity index (χ1v) is 3.91. The van der Waals surface area contributed by atoms with Crippen LogP contribution in [-0.2, 0) is 17.1 Å². The third-order valence-electron chi connectivity index (χ3n) is 1.46. The fourth-order valence-electron chi connectivity index (χ4n) is 0.854. The van der Waals surface area contributed by atoms with Crippen molar-refractivity contribution in [3.63, 3.8) is 0 Å². The van der Waals surface area contributed by atoms with Crippen LogP contribution in [0.5, 0.6) is 0 Å². The van der Waals surface area contributed by atoms with Gasteiger partial charge in [-0.05, 0) is 0 Å². The molecule has 0 saturated heterocycles. The largest absolute Gasteiger partial charge is 1.00 e. The van der Waals surface area contributed by atoms with Crippen LogP contribution >= 0.6 is 0 Å². The Morgan fingerprint density at radius 3 is 1.22 bits per heavy atom. The Morgan fingerprint density at radius 1 is 0.667 bits per heavy atom. The van der Waals surface area contributed by atoms with Crippen LogP contribution in [0.2, 0.25) is 0 Å². The van der Waals surface area contributed by atoms with E-state index in [2.05, 4.69) is 13.8 Å². The van der Waals surface area contributed by atoms with Crippen molar-refractivity contribution in [2.75, 3.05) is 0 Å². The molecular weight excluding hydrogens is 160 g/mol. The van der Waals surface area contributed by atoms with Gasteiger partial charge < -0.3 is 0 Å². The van der Waals surface area contributed by atoms with Crippen LogP contribution in [0.3, 0.4) is 0 Å². The summed E-state index contributed by atoms with van der Waals surface area (Å²) in [7, 11) is 0. The molecule has 1 heteroatoms. The maximum Gasteiger partial charge on any atom is 1.00 e. The summed E-state index contributed by atoms with van der Waals surface area (Å²) < 4.78 is 0. The topological polar surface area (TPSA) is 0 Å². The van der Waals surface area contributed by atoms with E-state index in [1.54, 1.807) is 0 Å². The molecule has 0 spiro atoms. The van der Waals surface area contributed by atoms with Crippen molar-refractivity contribution in [1.29, 1.82) is 0 Å². The van der Waals surface area contributed by atoms with Crippen LogP contribution in [0.4, 0.5) is 0 Å². The minimum atomic E-state index is 0. The summed E-state index contributed by atoms with van der Waals surface area (Å²) in [5, 5.41) is 0. The molecule has 0 aliphatic carbocycles. The zero-order valence-corrected chi connectivity index (χ0v) is 7.49. The molecule has 9 heavy (non-hydrogen) atoms. The van der Waals surface area contributed by atoms with Gasteiger partial charge in [0, 0.05) is 0 Å². The van der Waals surface area contributed by atoms with Crippen molar-refractivity contribution in [2.24, 2.45) is 0 Å². The molecule has 0 rings (SSSR count). The zero-order valence-electron chi connectivity index (χ0n) is 6.54. The second-order valence-electron chi connectivity index (χ2n) is 2.41. The summed E-state index contributed by atoms with van der Waals surface area (Å²) in [6.07, 6.45) is 8.49. The molecule has 0 bridgehead atoms. The summed E-state index contributed by atoms with van der Waals surface area (Å²) >= 11 is 0. The molecule has 0 nitrogen and oxygen atoms in total. The predicted molar refractivity (Wildman–Crippen MR) is 39.0 cm³/mol. The van der Waals surface area contributed by atoms with Crippen LogP contribution < -0.4 is 0 Å². The van der Waals surface area contributed by atoms with Crippen molar-refractivity contribution in [3.05, 3.63) is 0 Å². The molecule has 0 radical (unpaired) electrons. The van der Waals surface area contributed by atoms with Crippen LogP contribution in [0.1, 0.15) is 52.4 Å². The molecule has 0 N–H and O–H groups in total. The monoisotopic (exact) mass is 177 g/mol. The quantitative estimate of drug-likeness (QED) is 0.447. The van der Waals surface area contributed by atoms with E-state index in [0.29, 0.717) is 0 Å². The Bertz CT molecular complexity index is 29.5. The summed E-state index contributed by atoms with van der Waals surface area (Å²) in [6, 6.07) is 0. The van der Waals surface area contributed by atoms with E-state index in [9.17, 15) is 0 Å². The molecule has 0 amide bonds. The maximum absolute atomic E-state index is 2.26. The Kier molecular flexibility index (Phi) is 15.4. The van der Waals surface area contributed by atoms with Gasteiger partial charge in [-0.25, -0.2) is 0 Å². The molecule has 0 heterocycles. The van der Waals surface area contributed by atoms with Gasteiger partial charge in [-0.1, -0.05) is 52.4 Å².